The molecule has 4 aromatic rings. The average Bonchev–Trinajstić information content (AvgIpc) is 3.38. The van der Waals surface area contributed by atoms with E-state index in [1.807, 2.05) is 64.7 Å². The van der Waals surface area contributed by atoms with Crippen molar-refractivity contribution in [1.82, 2.24) is 24.1 Å². The third kappa shape index (κ3) is 3.17. The highest BCUT2D eigenvalue weighted by Gasteiger charge is 2.31. The van der Waals surface area contributed by atoms with Crippen LogP contribution < -0.4 is 0 Å². The molecule has 1 aliphatic rings. The topological polar surface area (TPSA) is 75.7 Å². The van der Waals surface area contributed by atoms with Crippen LogP contribution in [-0.2, 0) is 7.05 Å². The standard InChI is InChI=1S/C23H23N5O2/c1-26-12-5-8-19(26)22-25-24-21-10-9-17(14-28(21)22)23(30)27-13-11-18(20(29)15-27)16-6-3-2-4-7-16/h2-10,12,14,18,20,29H,11,13,15H2,1H3/t18-,20+/m0/s1. The molecule has 4 heterocycles. The van der Waals surface area contributed by atoms with Gasteiger partial charge in [0.2, 0.25) is 0 Å². The van der Waals surface area contributed by atoms with Gasteiger partial charge in [0.25, 0.3) is 5.91 Å². The molecule has 7 heteroatoms. The van der Waals surface area contributed by atoms with Gasteiger partial charge in [-0.3, -0.25) is 9.20 Å². The largest absolute Gasteiger partial charge is 0.391 e. The predicted octanol–water partition coefficient (Wildman–Crippen LogP) is 2.73. The molecule has 2 atom stereocenters. The van der Waals surface area contributed by atoms with Gasteiger partial charge in [-0.2, -0.15) is 0 Å². The first-order chi connectivity index (χ1) is 14.6. The Hall–Kier alpha value is -3.45. The third-order valence-corrected chi connectivity index (χ3v) is 5.92. The highest BCUT2D eigenvalue weighted by atomic mass is 16.3. The van der Waals surface area contributed by atoms with Gasteiger partial charge in [0.1, 0.15) is 0 Å². The van der Waals surface area contributed by atoms with E-state index < -0.39 is 6.10 Å². The van der Waals surface area contributed by atoms with Crippen LogP contribution >= 0.6 is 0 Å². The number of likely N-dealkylation sites (tertiary alicyclic amines) is 1. The van der Waals surface area contributed by atoms with Crippen molar-refractivity contribution in [2.75, 3.05) is 13.1 Å². The lowest BCUT2D eigenvalue weighted by Crippen LogP contribution is -2.45. The van der Waals surface area contributed by atoms with Crippen LogP contribution in [0.4, 0.5) is 0 Å². The molecule has 152 valence electrons. The van der Waals surface area contributed by atoms with Gasteiger partial charge < -0.3 is 14.6 Å². The Morgan fingerprint density at radius 3 is 2.63 bits per heavy atom. The van der Waals surface area contributed by atoms with Gasteiger partial charge in [0, 0.05) is 38.4 Å². The minimum atomic E-state index is -0.581. The second kappa shape index (κ2) is 7.42. The van der Waals surface area contributed by atoms with Gasteiger partial charge in [-0.25, -0.2) is 0 Å². The number of benzene rings is 1. The van der Waals surface area contributed by atoms with Crippen LogP contribution in [0.1, 0.15) is 28.3 Å². The number of nitrogens with zero attached hydrogens (tertiary/aromatic N) is 5. The van der Waals surface area contributed by atoms with Gasteiger partial charge in [-0.05, 0) is 36.2 Å². The third-order valence-electron chi connectivity index (χ3n) is 5.92. The Morgan fingerprint density at radius 2 is 1.90 bits per heavy atom. The molecule has 1 aliphatic heterocycles. The van der Waals surface area contributed by atoms with Gasteiger partial charge in [-0.15, -0.1) is 10.2 Å². The molecule has 1 N–H and O–H groups in total. The van der Waals surface area contributed by atoms with Crippen LogP contribution in [0.2, 0.25) is 0 Å². The Morgan fingerprint density at radius 1 is 1.07 bits per heavy atom. The summed E-state index contributed by atoms with van der Waals surface area (Å²) in [6, 6.07) is 17.5. The monoisotopic (exact) mass is 401 g/mol. The highest BCUT2D eigenvalue weighted by Crippen LogP contribution is 2.29. The number of fused-ring (bicyclic) bond motifs is 1. The van der Waals surface area contributed by atoms with Crippen LogP contribution in [-0.4, -0.2) is 54.3 Å². The number of hydrogen-bond acceptors (Lipinski definition) is 4. The zero-order valence-electron chi connectivity index (χ0n) is 16.7. The molecular weight excluding hydrogens is 378 g/mol. The fourth-order valence-electron chi connectivity index (χ4n) is 4.27. The number of amides is 1. The van der Waals surface area contributed by atoms with E-state index in [1.54, 1.807) is 23.2 Å². The fourth-order valence-corrected chi connectivity index (χ4v) is 4.27. The van der Waals surface area contributed by atoms with Crippen LogP contribution in [0.15, 0.2) is 67.0 Å². The van der Waals surface area contributed by atoms with Crippen molar-refractivity contribution in [2.24, 2.45) is 7.05 Å². The van der Waals surface area contributed by atoms with Crippen molar-refractivity contribution in [3.63, 3.8) is 0 Å². The molecule has 30 heavy (non-hydrogen) atoms. The smallest absolute Gasteiger partial charge is 0.255 e. The van der Waals surface area contributed by atoms with E-state index in [1.165, 1.54) is 0 Å². The molecule has 0 radical (unpaired) electrons. The Labute approximate surface area is 174 Å². The van der Waals surface area contributed by atoms with E-state index in [4.69, 9.17) is 0 Å². The Kier molecular flexibility index (Phi) is 4.59. The van der Waals surface area contributed by atoms with E-state index in [9.17, 15) is 9.90 Å². The number of piperidine rings is 1. The van der Waals surface area contributed by atoms with E-state index in [0.29, 0.717) is 30.1 Å². The van der Waals surface area contributed by atoms with Crippen molar-refractivity contribution in [1.29, 1.82) is 0 Å². The molecule has 0 aliphatic carbocycles. The van der Waals surface area contributed by atoms with E-state index in [2.05, 4.69) is 10.2 Å². The Balaban J connectivity index is 1.40. The van der Waals surface area contributed by atoms with Crippen LogP contribution in [0, 0.1) is 0 Å². The number of β-amino-alcohol motifs (C(OH)–C–C–N with tert-alkyl or cyclic N) is 1. The summed E-state index contributed by atoms with van der Waals surface area (Å²) in [6.07, 6.45) is 3.89. The lowest BCUT2D eigenvalue weighted by Gasteiger charge is -2.36. The number of rotatable bonds is 3. The molecule has 1 aromatic carbocycles. The van der Waals surface area contributed by atoms with Gasteiger partial charge in [0.15, 0.2) is 11.5 Å². The Bertz CT molecular complexity index is 1200. The molecule has 5 rings (SSSR count). The summed E-state index contributed by atoms with van der Waals surface area (Å²) in [5.41, 5.74) is 3.29. The highest BCUT2D eigenvalue weighted by molar-refractivity contribution is 5.94. The molecule has 0 saturated carbocycles. The second-order valence-corrected chi connectivity index (χ2v) is 7.80. The van der Waals surface area contributed by atoms with Crippen LogP contribution in [0.3, 0.4) is 0 Å². The first-order valence-electron chi connectivity index (χ1n) is 10.1. The zero-order valence-corrected chi connectivity index (χ0v) is 16.7. The maximum absolute atomic E-state index is 13.2. The molecule has 1 fully saturated rings. The van der Waals surface area contributed by atoms with E-state index in [-0.39, 0.29) is 11.8 Å². The summed E-state index contributed by atoms with van der Waals surface area (Å²) in [5, 5.41) is 19.2. The van der Waals surface area contributed by atoms with Crippen LogP contribution in [0.25, 0.3) is 17.2 Å². The fraction of sp³-hybridized carbons (Fsp3) is 0.261. The average molecular weight is 401 g/mol. The molecule has 7 nitrogen and oxygen atoms in total. The van der Waals surface area contributed by atoms with Gasteiger partial charge in [0.05, 0.1) is 17.4 Å². The lowest BCUT2D eigenvalue weighted by molar-refractivity contribution is 0.0381. The first-order valence-corrected chi connectivity index (χ1v) is 10.1. The van der Waals surface area contributed by atoms with Crippen molar-refractivity contribution in [3.05, 3.63) is 78.1 Å². The molecule has 3 aromatic heterocycles. The van der Waals surface area contributed by atoms with E-state index in [0.717, 1.165) is 17.7 Å². The molecule has 0 unspecified atom stereocenters. The summed E-state index contributed by atoms with van der Waals surface area (Å²) in [7, 11) is 1.95. The first kappa shape index (κ1) is 18.6. The molecule has 0 spiro atoms. The van der Waals surface area contributed by atoms with Crippen molar-refractivity contribution in [3.8, 4) is 11.5 Å². The zero-order chi connectivity index (χ0) is 20.7. The number of aromatic nitrogens is 4. The minimum Gasteiger partial charge on any atom is -0.391 e. The summed E-state index contributed by atoms with van der Waals surface area (Å²) in [4.78, 5) is 14.9. The number of aliphatic hydroxyl groups excluding tert-OH is 1. The quantitative estimate of drug-likeness (QED) is 0.573. The van der Waals surface area contributed by atoms with Crippen molar-refractivity contribution >= 4 is 11.6 Å². The summed E-state index contributed by atoms with van der Waals surface area (Å²) in [5.74, 6) is 0.656. The van der Waals surface area contributed by atoms with E-state index >= 15 is 0 Å². The van der Waals surface area contributed by atoms with Gasteiger partial charge in [-0.1, -0.05) is 30.3 Å². The maximum Gasteiger partial charge on any atom is 0.255 e. The summed E-state index contributed by atoms with van der Waals surface area (Å²) >= 11 is 0. The second-order valence-electron chi connectivity index (χ2n) is 7.80. The van der Waals surface area contributed by atoms with Crippen LogP contribution in [0.5, 0.6) is 0 Å². The minimum absolute atomic E-state index is 0.0551. The SMILES string of the molecule is Cn1cccc1-c1nnc2ccc(C(=O)N3CC[C@@H](c4ccccc4)[C@H](O)C3)cn12. The van der Waals surface area contributed by atoms with Crippen molar-refractivity contribution < 1.29 is 9.90 Å². The number of hydrogen-bond donors (Lipinski definition) is 1. The summed E-state index contributed by atoms with van der Waals surface area (Å²) in [6.45, 7) is 0.934. The number of aliphatic hydroxyl groups is 1. The molecule has 1 amide bonds. The summed E-state index contributed by atoms with van der Waals surface area (Å²) < 4.78 is 3.81. The molecule has 0 bridgehead atoms. The molecule has 1 saturated heterocycles. The number of pyridine rings is 1. The van der Waals surface area contributed by atoms with Crippen molar-refractivity contribution in [2.45, 2.75) is 18.4 Å². The number of carbonyl (C=O) groups is 1. The maximum atomic E-state index is 13.2. The number of aryl methyl sites for hydroxylation is 1. The predicted molar refractivity (Wildman–Crippen MR) is 113 cm³/mol. The van der Waals surface area contributed by atoms with Gasteiger partial charge >= 0.3 is 0 Å². The number of carbonyl (C=O) groups excluding carboxylic acids is 1. The lowest BCUT2D eigenvalue weighted by atomic mass is 9.87. The normalized spacial score (nSPS) is 19.3. The molecular formula is C23H23N5O2.